The van der Waals surface area contributed by atoms with E-state index in [-0.39, 0.29) is 0 Å². The molecule has 0 aromatic heterocycles. The summed E-state index contributed by atoms with van der Waals surface area (Å²) in [4.78, 5) is 2.67. The van der Waals surface area contributed by atoms with E-state index >= 15 is 0 Å². The number of likely N-dealkylation sites (tertiary alicyclic amines) is 1. The summed E-state index contributed by atoms with van der Waals surface area (Å²) in [5, 5.41) is 3.53. The van der Waals surface area contributed by atoms with Gasteiger partial charge in [0.2, 0.25) is 0 Å². The third-order valence-corrected chi connectivity index (χ3v) is 3.85. The van der Waals surface area contributed by atoms with Crippen LogP contribution in [0.15, 0.2) is 0 Å². The highest BCUT2D eigenvalue weighted by molar-refractivity contribution is 4.85. The van der Waals surface area contributed by atoms with E-state index in [4.69, 9.17) is 0 Å². The van der Waals surface area contributed by atoms with Crippen molar-refractivity contribution in [2.24, 2.45) is 5.92 Å². The lowest BCUT2D eigenvalue weighted by atomic mass is 10.0. The molecular weight excluding hydrogens is 160 g/mol. The molecule has 0 aromatic rings. The second-order valence-electron chi connectivity index (χ2n) is 4.78. The summed E-state index contributed by atoms with van der Waals surface area (Å²) in [7, 11) is 0. The van der Waals surface area contributed by atoms with Gasteiger partial charge in [-0.15, -0.1) is 0 Å². The molecule has 0 aromatic carbocycles. The Morgan fingerprint density at radius 1 is 1.31 bits per heavy atom. The monoisotopic (exact) mass is 182 g/mol. The van der Waals surface area contributed by atoms with Crippen LogP contribution < -0.4 is 5.32 Å². The maximum atomic E-state index is 3.53. The standard InChI is InChI=1S/C11H22N2/c1-9-4-3-7-13(9)8-11-5-6-12-10(11)2/h9-12H,3-8H2,1-2H3. The zero-order valence-corrected chi connectivity index (χ0v) is 8.92. The van der Waals surface area contributed by atoms with E-state index in [0.29, 0.717) is 0 Å². The molecule has 0 bridgehead atoms. The predicted molar refractivity (Wildman–Crippen MR) is 55.8 cm³/mol. The summed E-state index contributed by atoms with van der Waals surface area (Å²) in [5.41, 5.74) is 0. The van der Waals surface area contributed by atoms with Crippen molar-refractivity contribution in [1.29, 1.82) is 0 Å². The van der Waals surface area contributed by atoms with Gasteiger partial charge in [0.15, 0.2) is 0 Å². The average Bonchev–Trinajstić information content (AvgIpc) is 2.65. The lowest BCUT2D eigenvalue weighted by Gasteiger charge is -2.26. The first-order valence-corrected chi connectivity index (χ1v) is 5.75. The van der Waals surface area contributed by atoms with Gasteiger partial charge in [0.25, 0.3) is 0 Å². The largest absolute Gasteiger partial charge is 0.314 e. The third-order valence-electron chi connectivity index (χ3n) is 3.85. The van der Waals surface area contributed by atoms with Crippen LogP contribution in [-0.4, -0.2) is 36.6 Å². The topological polar surface area (TPSA) is 15.3 Å². The second kappa shape index (κ2) is 3.97. The highest BCUT2D eigenvalue weighted by Crippen LogP contribution is 2.22. The van der Waals surface area contributed by atoms with Gasteiger partial charge >= 0.3 is 0 Å². The van der Waals surface area contributed by atoms with Gasteiger partial charge < -0.3 is 10.2 Å². The van der Waals surface area contributed by atoms with E-state index in [0.717, 1.165) is 18.0 Å². The zero-order chi connectivity index (χ0) is 9.26. The van der Waals surface area contributed by atoms with Crippen molar-refractivity contribution in [2.75, 3.05) is 19.6 Å². The molecule has 2 rings (SSSR count). The van der Waals surface area contributed by atoms with E-state index < -0.39 is 0 Å². The summed E-state index contributed by atoms with van der Waals surface area (Å²) in [6.07, 6.45) is 4.20. The van der Waals surface area contributed by atoms with E-state index in [9.17, 15) is 0 Å². The maximum Gasteiger partial charge on any atom is 0.00796 e. The maximum absolute atomic E-state index is 3.53. The quantitative estimate of drug-likeness (QED) is 0.695. The van der Waals surface area contributed by atoms with Gasteiger partial charge in [-0.05, 0) is 52.1 Å². The summed E-state index contributed by atoms with van der Waals surface area (Å²) in [6, 6.07) is 1.58. The molecule has 0 aliphatic carbocycles. The Kier molecular flexibility index (Phi) is 2.89. The number of hydrogen-bond acceptors (Lipinski definition) is 2. The molecular formula is C11H22N2. The van der Waals surface area contributed by atoms with Crippen LogP contribution in [0.25, 0.3) is 0 Å². The lowest BCUT2D eigenvalue weighted by molar-refractivity contribution is 0.218. The van der Waals surface area contributed by atoms with E-state index in [1.165, 1.54) is 38.9 Å². The fourth-order valence-electron chi connectivity index (χ4n) is 2.73. The highest BCUT2D eigenvalue weighted by Gasteiger charge is 2.28. The van der Waals surface area contributed by atoms with Crippen molar-refractivity contribution in [3.8, 4) is 0 Å². The van der Waals surface area contributed by atoms with E-state index in [1.54, 1.807) is 0 Å². The summed E-state index contributed by atoms with van der Waals surface area (Å²) < 4.78 is 0. The minimum Gasteiger partial charge on any atom is -0.314 e. The molecule has 2 fully saturated rings. The molecule has 0 saturated carbocycles. The zero-order valence-electron chi connectivity index (χ0n) is 8.92. The van der Waals surface area contributed by atoms with Crippen LogP contribution in [0.3, 0.4) is 0 Å². The van der Waals surface area contributed by atoms with Gasteiger partial charge in [-0.1, -0.05) is 0 Å². The number of nitrogens with zero attached hydrogens (tertiary/aromatic N) is 1. The predicted octanol–water partition coefficient (Wildman–Crippen LogP) is 1.47. The first-order valence-electron chi connectivity index (χ1n) is 5.75. The summed E-state index contributed by atoms with van der Waals surface area (Å²) in [6.45, 7) is 8.60. The first kappa shape index (κ1) is 9.47. The Morgan fingerprint density at radius 3 is 2.69 bits per heavy atom. The minimum atomic E-state index is 0.743. The Labute approximate surface area is 81.7 Å². The van der Waals surface area contributed by atoms with Gasteiger partial charge in [0.1, 0.15) is 0 Å². The van der Waals surface area contributed by atoms with Crippen LogP contribution in [0.1, 0.15) is 33.1 Å². The van der Waals surface area contributed by atoms with Crippen molar-refractivity contribution in [2.45, 2.75) is 45.2 Å². The SMILES string of the molecule is CC1NCCC1CN1CCCC1C. The Bertz CT molecular complexity index is 151. The number of nitrogens with one attached hydrogen (secondary N) is 1. The van der Waals surface area contributed by atoms with Crippen LogP contribution in [0.4, 0.5) is 0 Å². The first-order chi connectivity index (χ1) is 6.27. The van der Waals surface area contributed by atoms with Crippen molar-refractivity contribution in [1.82, 2.24) is 10.2 Å². The Morgan fingerprint density at radius 2 is 2.15 bits per heavy atom. The number of rotatable bonds is 2. The normalized spacial score (nSPS) is 41.5. The molecule has 0 amide bonds. The van der Waals surface area contributed by atoms with Gasteiger partial charge in [-0.3, -0.25) is 0 Å². The molecule has 2 heteroatoms. The fraction of sp³-hybridized carbons (Fsp3) is 1.00. The molecule has 2 aliphatic rings. The molecule has 0 radical (unpaired) electrons. The van der Waals surface area contributed by atoms with Crippen LogP contribution >= 0.6 is 0 Å². The lowest BCUT2D eigenvalue weighted by Crippen LogP contribution is -2.36. The molecule has 2 heterocycles. The third kappa shape index (κ3) is 2.05. The van der Waals surface area contributed by atoms with Gasteiger partial charge in [0, 0.05) is 18.6 Å². The van der Waals surface area contributed by atoms with Crippen LogP contribution in [-0.2, 0) is 0 Å². The van der Waals surface area contributed by atoms with E-state index in [1.807, 2.05) is 0 Å². The minimum absolute atomic E-state index is 0.743. The molecule has 2 saturated heterocycles. The van der Waals surface area contributed by atoms with Crippen molar-refractivity contribution < 1.29 is 0 Å². The molecule has 3 atom stereocenters. The van der Waals surface area contributed by atoms with Crippen LogP contribution in [0.2, 0.25) is 0 Å². The average molecular weight is 182 g/mol. The van der Waals surface area contributed by atoms with Gasteiger partial charge in [-0.25, -0.2) is 0 Å². The van der Waals surface area contributed by atoms with Crippen LogP contribution in [0, 0.1) is 5.92 Å². The van der Waals surface area contributed by atoms with Crippen molar-refractivity contribution in [3.63, 3.8) is 0 Å². The smallest absolute Gasteiger partial charge is 0.00796 e. The van der Waals surface area contributed by atoms with Gasteiger partial charge in [-0.2, -0.15) is 0 Å². The second-order valence-corrected chi connectivity index (χ2v) is 4.78. The highest BCUT2D eigenvalue weighted by atomic mass is 15.2. The van der Waals surface area contributed by atoms with E-state index in [2.05, 4.69) is 24.1 Å². The fourth-order valence-corrected chi connectivity index (χ4v) is 2.73. The molecule has 76 valence electrons. The molecule has 2 aliphatic heterocycles. The molecule has 0 spiro atoms. The Hall–Kier alpha value is -0.0800. The summed E-state index contributed by atoms with van der Waals surface area (Å²) >= 11 is 0. The molecule has 1 N–H and O–H groups in total. The molecule has 3 unspecified atom stereocenters. The van der Waals surface area contributed by atoms with Crippen LogP contribution in [0.5, 0.6) is 0 Å². The Balaban J connectivity index is 1.82. The number of hydrogen-bond donors (Lipinski definition) is 1. The van der Waals surface area contributed by atoms with Crippen molar-refractivity contribution in [3.05, 3.63) is 0 Å². The molecule has 2 nitrogen and oxygen atoms in total. The summed E-state index contributed by atoms with van der Waals surface area (Å²) in [5.74, 6) is 0.903. The van der Waals surface area contributed by atoms with Crippen molar-refractivity contribution >= 4 is 0 Å². The molecule has 13 heavy (non-hydrogen) atoms. The van der Waals surface area contributed by atoms with Gasteiger partial charge in [0.05, 0.1) is 0 Å².